The second-order valence-electron chi connectivity index (χ2n) is 7.01. The molecule has 2 aromatic carbocycles. The smallest absolute Gasteiger partial charge is 0.194 e. The molecule has 5 rings (SSSR count). The molecule has 4 aromatic rings. The van der Waals surface area contributed by atoms with Crippen molar-refractivity contribution in [3.05, 3.63) is 74.7 Å². The van der Waals surface area contributed by atoms with Crippen molar-refractivity contribution in [1.82, 2.24) is 19.7 Å². The number of halogens is 2. The number of Topliss-reactive ketones (excluding diaryl/α,β-unsaturated/α-hetero) is 1. The van der Waals surface area contributed by atoms with Gasteiger partial charge in [-0.1, -0.05) is 23.2 Å². The molecule has 0 atom stereocenters. The van der Waals surface area contributed by atoms with Gasteiger partial charge in [0.25, 0.3) is 0 Å². The fourth-order valence-electron chi connectivity index (χ4n) is 3.69. The number of nitrogens with zero attached hydrogens (tertiary/aromatic N) is 3. The Morgan fingerprint density at radius 2 is 2.07 bits per heavy atom. The Hall–Kier alpha value is -3.09. The average Bonchev–Trinajstić information content (AvgIpc) is 3.36. The molecule has 1 aliphatic rings. The summed E-state index contributed by atoms with van der Waals surface area (Å²) in [5.74, 6) is 0.940. The predicted octanol–water partition coefficient (Wildman–Crippen LogP) is 4.77. The number of aromatic amines is 1. The van der Waals surface area contributed by atoms with E-state index < -0.39 is 0 Å². The van der Waals surface area contributed by atoms with Crippen molar-refractivity contribution >= 4 is 51.9 Å². The SMILES string of the molecule is Cc1nc2ccc(-n3ncc(C(=O)C4=Cc5c(Cl)cc(Cl)cc5C4)c3N)cc2[nH]1. The van der Waals surface area contributed by atoms with Gasteiger partial charge in [0.15, 0.2) is 5.78 Å². The molecule has 0 bridgehead atoms. The molecule has 2 heterocycles. The number of imidazole rings is 1. The van der Waals surface area contributed by atoms with Gasteiger partial charge in [0, 0.05) is 22.0 Å². The third-order valence-corrected chi connectivity index (χ3v) is 5.58. The number of hydrogen-bond donors (Lipinski definition) is 2. The minimum Gasteiger partial charge on any atom is -0.383 e. The van der Waals surface area contributed by atoms with Crippen molar-refractivity contribution in [3.63, 3.8) is 0 Å². The predicted molar refractivity (Wildman–Crippen MR) is 115 cm³/mol. The van der Waals surface area contributed by atoms with Crippen LogP contribution in [0.4, 0.5) is 5.82 Å². The quantitative estimate of drug-likeness (QED) is 0.464. The van der Waals surface area contributed by atoms with Crippen LogP contribution in [0.1, 0.15) is 27.3 Å². The molecule has 0 amide bonds. The van der Waals surface area contributed by atoms with E-state index in [1.165, 1.54) is 6.20 Å². The molecular weight excluding hydrogens is 409 g/mol. The normalized spacial score (nSPS) is 13.0. The Kier molecular flexibility index (Phi) is 4.01. The van der Waals surface area contributed by atoms with Gasteiger partial charge in [-0.15, -0.1) is 0 Å². The van der Waals surface area contributed by atoms with Crippen molar-refractivity contribution in [2.24, 2.45) is 0 Å². The van der Waals surface area contributed by atoms with Crippen molar-refractivity contribution in [2.45, 2.75) is 13.3 Å². The molecule has 0 unspecified atom stereocenters. The molecule has 0 radical (unpaired) electrons. The van der Waals surface area contributed by atoms with E-state index in [1.807, 2.05) is 31.2 Å². The topological polar surface area (TPSA) is 89.6 Å². The number of aryl methyl sites for hydroxylation is 1. The van der Waals surface area contributed by atoms with Gasteiger partial charge in [0.05, 0.1) is 28.5 Å². The summed E-state index contributed by atoms with van der Waals surface area (Å²) in [6.45, 7) is 1.89. The highest BCUT2D eigenvalue weighted by Gasteiger charge is 2.25. The van der Waals surface area contributed by atoms with Crippen LogP contribution in [0.3, 0.4) is 0 Å². The van der Waals surface area contributed by atoms with Gasteiger partial charge in [0.2, 0.25) is 0 Å². The third-order valence-electron chi connectivity index (χ3n) is 5.05. The van der Waals surface area contributed by atoms with Crippen LogP contribution in [0.25, 0.3) is 22.8 Å². The molecule has 6 nitrogen and oxygen atoms in total. The number of ketones is 1. The molecule has 3 N–H and O–H groups in total. The fraction of sp³-hybridized carbons (Fsp3) is 0.0952. The average molecular weight is 424 g/mol. The first kappa shape index (κ1) is 18.0. The molecule has 0 saturated heterocycles. The molecule has 8 heteroatoms. The van der Waals surface area contributed by atoms with Crippen LogP contribution < -0.4 is 5.73 Å². The lowest BCUT2D eigenvalue weighted by molar-refractivity contribution is 0.103. The maximum atomic E-state index is 13.1. The summed E-state index contributed by atoms with van der Waals surface area (Å²) in [5, 5.41) is 5.41. The number of anilines is 1. The molecule has 0 aliphatic heterocycles. The first-order chi connectivity index (χ1) is 13.9. The standard InChI is InChI=1S/C21H15Cl2N5O/c1-10-26-18-3-2-14(8-19(18)27-10)28-21(24)16(9-25-28)20(29)12-4-11-5-13(22)7-17(23)15(11)6-12/h2-3,5-9H,4,24H2,1H3,(H,26,27). The molecule has 0 saturated carbocycles. The highest BCUT2D eigenvalue weighted by molar-refractivity contribution is 6.36. The number of fused-ring (bicyclic) bond motifs is 2. The molecule has 144 valence electrons. The van der Waals surface area contributed by atoms with Gasteiger partial charge in [-0.05, 0) is 54.5 Å². The van der Waals surface area contributed by atoms with E-state index in [4.69, 9.17) is 28.9 Å². The molecule has 29 heavy (non-hydrogen) atoms. The van der Waals surface area contributed by atoms with Crippen LogP contribution >= 0.6 is 23.2 Å². The number of benzene rings is 2. The Bertz CT molecular complexity index is 1350. The van der Waals surface area contributed by atoms with Crippen molar-refractivity contribution in [1.29, 1.82) is 0 Å². The zero-order chi connectivity index (χ0) is 20.3. The number of rotatable bonds is 3. The van der Waals surface area contributed by atoms with Crippen molar-refractivity contribution in [2.75, 3.05) is 5.73 Å². The largest absolute Gasteiger partial charge is 0.383 e. The summed E-state index contributed by atoms with van der Waals surface area (Å²) in [6, 6.07) is 9.16. The fourth-order valence-corrected chi connectivity index (χ4v) is 4.28. The van der Waals surface area contributed by atoms with Crippen LogP contribution in [0, 0.1) is 6.92 Å². The van der Waals surface area contributed by atoms with Gasteiger partial charge in [-0.3, -0.25) is 4.79 Å². The number of carbonyl (C=O) groups is 1. The first-order valence-corrected chi connectivity index (χ1v) is 9.70. The van der Waals surface area contributed by atoms with Crippen molar-refractivity contribution in [3.8, 4) is 5.69 Å². The third kappa shape index (κ3) is 2.92. The highest BCUT2D eigenvalue weighted by Crippen LogP contribution is 2.35. The van der Waals surface area contributed by atoms with E-state index in [0.717, 1.165) is 33.7 Å². The molecule has 0 fully saturated rings. The first-order valence-electron chi connectivity index (χ1n) is 8.94. The second-order valence-corrected chi connectivity index (χ2v) is 7.86. The van der Waals surface area contributed by atoms with Crippen LogP contribution in [0.2, 0.25) is 10.0 Å². The number of nitrogens with one attached hydrogen (secondary N) is 1. The van der Waals surface area contributed by atoms with E-state index in [1.54, 1.807) is 16.8 Å². The number of nitrogen functional groups attached to an aromatic ring is 1. The lowest BCUT2D eigenvalue weighted by atomic mass is 10.0. The summed E-state index contributed by atoms with van der Waals surface area (Å²) >= 11 is 12.3. The molecular formula is C21H15Cl2N5O. The summed E-state index contributed by atoms with van der Waals surface area (Å²) < 4.78 is 1.55. The van der Waals surface area contributed by atoms with Crippen molar-refractivity contribution < 1.29 is 4.79 Å². The van der Waals surface area contributed by atoms with Crippen LogP contribution in [-0.2, 0) is 6.42 Å². The Labute approximate surface area is 176 Å². The van der Waals surface area contributed by atoms with Crippen LogP contribution in [0.15, 0.2) is 42.1 Å². The van der Waals surface area contributed by atoms with E-state index in [0.29, 0.717) is 27.6 Å². The zero-order valence-electron chi connectivity index (χ0n) is 15.3. The minimum absolute atomic E-state index is 0.171. The Morgan fingerprint density at radius 3 is 2.90 bits per heavy atom. The number of hydrogen-bond acceptors (Lipinski definition) is 4. The number of H-pyrrole nitrogens is 1. The van der Waals surface area contributed by atoms with Gasteiger partial charge in [-0.25, -0.2) is 9.67 Å². The number of carbonyl (C=O) groups excluding carboxylic acids is 1. The number of aromatic nitrogens is 4. The number of allylic oxidation sites excluding steroid dienone is 1. The minimum atomic E-state index is -0.171. The van der Waals surface area contributed by atoms with E-state index in [-0.39, 0.29) is 11.6 Å². The maximum Gasteiger partial charge on any atom is 0.194 e. The highest BCUT2D eigenvalue weighted by atomic mass is 35.5. The second kappa shape index (κ2) is 6.47. The lowest BCUT2D eigenvalue weighted by Crippen LogP contribution is -2.08. The Balaban J connectivity index is 1.50. The van der Waals surface area contributed by atoms with E-state index in [2.05, 4.69) is 15.1 Å². The molecule has 2 aromatic heterocycles. The molecule has 0 spiro atoms. The van der Waals surface area contributed by atoms with Gasteiger partial charge < -0.3 is 10.7 Å². The van der Waals surface area contributed by atoms with Gasteiger partial charge in [0.1, 0.15) is 11.6 Å². The summed E-state index contributed by atoms with van der Waals surface area (Å²) in [5.41, 5.74) is 11.5. The lowest BCUT2D eigenvalue weighted by Gasteiger charge is -2.06. The van der Waals surface area contributed by atoms with Gasteiger partial charge >= 0.3 is 0 Å². The van der Waals surface area contributed by atoms with E-state index >= 15 is 0 Å². The van der Waals surface area contributed by atoms with E-state index in [9.17, 15) is 4.79 Å². The molecule has 1 aliphatic carbocycles. The van der Waals surface area contributed by atoms with Crippen LogP contribution in [-0.4, -0.2) is 25.5 Å². The van der Waals surface area contributed by atoms with Gasteiger partial charge in [-0.2, -0.15) is 5.10 Å². The maximum absolute atomic E-state index is 13.1. The Morgan fingerprint density at radius 1 is 1.24 bits per heavy atom. The monoisotopic (exact) mass is 423 g/mol. The van der Waals surface area contributed by atoms with Crippen LogP contribution in [0.5, 0.6) is 0 Å². The number of nitrogens with two attached hydrogens (primary N) is 1. The summed E-state index contributed by atoms with van der Waals surface area (Å²) in [7, 11) is 0. The zero-order valence-corrected chi connectivity index (χ0v) is 16.8. The summed E-state index contributed by atoms with van der Waals surface area (Å²) in [6.07, 6.45) is 3.75. The summed E-state index contributed by atoms with van der Waals surface area (Å²) in [4.78, 5) is 20.7.